The second-order valence-electron chi connectivity index (χ2n) is 5.77. The number of piperidine rings is 1. The van der Waals surface area contributed by atoms with Crippen LogP contribution < -0.4 is 0 Å². The highest BCUT2D eigenvalue weighted by Crippen LogP contribution is 2.34. The van der Waals surface area contributed by atoms with Gasteiger partial charge in [-0.3, -0.25) is 9.59 Å². The van der Waals surface area contributed by atoms with Gasteiger partial charge in [0.15, 0.2) is 0 Å². The molecule has 1 aliphatic rings. The largest absolute Gasteiger partial charge is 0.508 e. The molecule has 0 aromatic heterocycles. The van der Waals surface area contributed by atoms with Gasteiger partial charge in [-0.15, -0.1) is 0 Å². The third-order valence-corrected chi connectivity index (χ3v) is 4.45. The quantitative estimate of drug-likeness (QED) is 0.896. The highest BCUT2D eigenvalue weighted by Gasteiger charge is 2.42. The number of aryl methyl sites for hydroxylation is 1. The Kier molecular flexibility index (Phi) is 4.21. The lowest BCUT2D eigenvalue weighted by molar-refractivity contribution is -0.152. The number of hydrogen-bond donors (Lipinski definition) is 2. The van der Waals surface area contributed by atoms with Gasteiger partial charge in [0.05, 0.1) is 5.41 Å². The first-order valence-corrected chi connectivity index (χ1v) is 7.22. The maximum Gasteiger partial charge on any atom is 0.311 e. The summed E-state index contributed by atoms with van der Waals surface area (Å²) in [5.41, 5.74) is 0.259. The molecule has 5 nitrogen and oxygen atoms in total. The van der Waals surface area contributed by atoms with Crippen molar-refractivity contribution < 1.29 is 19.8 Å². The minimum absolute atomic E-state index is 0.0813. The second-order valence-corrected chi connectivity index (χ2v) is 5.77. The van der Waals surface area contributed by atoms with E-state index in [0.29, 0.717) is 36.9 Å². The van der Waals surface area contributed by atoms with Gasteiger partial charge in [-0.25, -0.2) is 0 Å². The van der Waals surface area contributed by atoms with Crippen molar-refractivity contribution in [3.8, 4) is 5.75 Å². The Balaban J connectivity index is 2.22. The van der Waals surface area contributed by atoms with Crippen molar-refractivity contribution in [1.82, 2.24) is 4.90 Å². The van der Waals surface area contributed by atoms with Crippen LogP contribution in [-0.4, -0.2) is 40.1 Å². The molecule has 1 aromatic rings. The van der Waals surface area contributed by atoms with Crippen molar-refractivity contribution in [3.05, 3.63) is 29.3 Å². The second kappa shape index (κ2) is 5.76. The molecule has 0 saturated carbocycles. The first-order chi connectivity index (χ1) is 9.89. The molecule has 1 saturated heterocycles. The Labute approximate surface area is 124 Å². The number of rotatable bonds is 3. The molecule has 1 unspecified atom stereocenters. The Morgan fingerprint density at radius 3 is 2.67 bits per heavy atom. The van der Waals surface area contributed by atoms with Gasteiger partial charge in [0.25, 0.3) is 5.91 Å². The molecule has 2 N–H and O–H groups in total. The average Bonchev–Trinajstić information content (AvgIpc) is 2.49. The summed E-state index contributed by atoms with van der Waals surface area (Å²) in [6.07, 6.45) is 1.79. The van der Waals surface area contributed by atoms with E-state index in [9.17, 15) is 19.8 Å². The Morgan fingerprint density at radius 1 is 1.38 bits per heavy atom. The van der Waals surface area contributed by atoms with E-state index in [1.807, 2.05) is 6.92 Å². The van der Waals surface area contributed by atoms with E-state index < -0.39 is 11.4 Å². The standard InChI is InChI=1S/C16H21NO4/c1-3-16(15(20)21)7-4-8-17(10-16)14(19)12-6-5-11(2)13(18)9-12/h5-6,9,18H,3-4,7-8,10H2,1-2H3,(H,20,21). The van der Waals surface area contributed by atoms with Crippen LogP contribution in [0.1, 0.15) is 42.1 Å². The van der Waals surface area contributed by atoms with E-state index in [2.05, 4.69) is 0 Å². The molecular formula is C16H21NO4. The average molecular weight is 291 g/mol. The summed E-state index contributed by atoms with van der Waals surface area (Å²) in [5, 5.41) is 19.2. The molecule has 0 bridgehead atoms. The van der Waals surface area contributed by atoms with Gasteiger partial charge in [-0.05, 0) is 43.9 Å². The molecule has 0 spiro atoms. The predicted octanol–water partition coefficient (Wildman–Crippen LogP) is 2.42. The highest BCUT2D eigenvalue weighted by molar-refractivity contribution is 5.95. The maximum atomic E-state index is 12.5. The third kappa shape index (κ3) is 2.86. The lowest BCUT2D eigenvalue weighted by Crippen LogP contribution is -2.49. The monoisotopic (exact) mass is 291 g/mol. The number of carboxylic acids is 1. The number of carboxylic acid groups (broad SMARTS) is 1. The van der Waals surface area contributed by atoms with Gasteiger partial charge in [0.2, 0.25) is 0 Å². The van der Waals surface area contributed by atoms with Crippen molar-refractivity contribution >= 4 is 11.9 Å². The number of likely N-dealkylation sites (tertiary alicyclic amines) is 1. The highest BCUT2D eigenvalue weighted by atomic mass is 16.4. The topological polar surface area (TPSA) is 77.8 Å². The summed E-state index contributed by atoms with van der Waals surface area (Å²) in [4.78, 5) is 25.6. The first-order valence-electron chi connectivity index (χ1n) is 7.22. The van der Waals surface area contributed by atoms with Crippen LogP contribution in [0.4, 0.5) is 0 Å². The fraction of sp³-hybridized carbons (Fsp3) is 0.500. The zero-order valence-electron chi connectivity index (χ0n) is 12.4. The number of nitrogens with zero attached hydrogens (tertiary/aromatic N) is 1. The molecule has 1 amide bonds. The fourth-order valence-electron chi connectivity index (χ4n) is 2.84. The molecule has 0 radical (unpaired) electrons. The van der Waals surface area contributed by atoms with Crippen molar-refractivity contribution in [2.45, 2.75) is 33.1 Å². The van der Waals surface area contributed by atoms with Gasteiger partial charge in [0, 0.05) is 18.7 Å². The van der Waals surface area contributed by atoms with E-state index in [0.717, 1.165) is 0 Å². The van der Waals surface area contributed by atoms with Gasteiger partial charge in [-0.1, -0.05) is 13.0 Å². The Morgan fingerprint density at radius 2 is 2.10 bits per heavy atom. The van der Waals surface area contributed by atoms with Crippen LogP contribution in [0.2, 0.25) is 0 Å². The number of benzene rings is 1. The summed E-state index contributed by atoms with van der Waals surface area (Å²) < 4.78 is 0. The summed E-state index contributed by atoms with van der Waals surface area (Å²) in [7, 11) is 0. The van der Waals surface area contributed by atoms with Crippen LogP contribution in [0.25, 0.3) is 0 Å². The molecular weight excluding hydrogens is 270 g/mol. The number of aliphatic carboxylic acids is 1. The number of carbonyl (C=O) groups excluding carboxylic acids is 1. The lowest BCUT2D eigenvalue weighted by Gasteiger charge is -2.39. The van der Waals surface area contributed by atoms with E-state index >= 15 is 0 Å². The molecule has 1 heterocycles. The van der Waals surface area contributed by atoms with Crippen molar-refractivity contribution in [2.75, 3.05) is 13.1 Å². The summed E-state index contributed by atoms with van der Waals surface area (Å²) in [6.45, 7) is 4.39. The third-order valence-electron chi connectivity index (χ3n) is 4.45. The smallest absolute Gasteiger partial charge is 0.311 e. The maximum absolute atomic E-state index is 12.5. The van der Waals surface area contributed by atoms with E-state index in [1.165, 1.54) is 6.07 Å². The molecule has 21 heavy (non-hydrogen) atoms. The van der Waals surface area contributed by atoms with Gasteiger partial charge in [0.1, 0.15) is 5.75 Å². The van der Waals surface area contributed by atoms with Gasteiger partial charge in [-0.2, -0.15) is 0 Å². The first kappa shape index (κ1) is 15.4. The number of aromatic hydroxyl groups is 1. The number of carbonyl (C=O) groups is 2. The zero-order chi connectivity index (χ0) is 15.6. The molecule has 0 aliphatic carbocycles. The van der Waals surface area contributed by atoms with Crippen LogP contribution >= 0.6 is 0 Å². The molecule has 114 valence electrons. The van der Waals surface area contributed by atoms with Gasteiger partial charge < -0.3 is 15.1 Å². The Bertz CT molecular complexity index is 569. The summed E-state index contributed by atoms with van der Waals surface area (Å²) >= 11 is 0. The van der Waals surface area contributed by atoms with E-state index in [4.69, 9.17) is 0 Å². The van der Waals surface area contributed by atoms with Crippen LogP contribution in [-0.2, 0) is 4.79 Å². The molecule has 5 heteroatoms. The minimum Gasteiger partial charge on any atom is -0.508 e. The number of phenols is 1. The Hall–Kier alpha value is -2.04. The van der Waals surface area contributed by atoms with E-state index in [-0.39, 0.29) is 18.2 Å². The molecule has 1 aromatic carbocycles. The molecule has 2 rings (SSSR count). The molecule has 1 fully saturated rings. The van der Waals surface area contributed by atoms with Crippen molar-refractivity contribution in [2.24, 2.45) is 5.41 Å². The van der Waals surface area contributed by atoms with Crippen molar-refractivity contribution in [1.29, 1.82) is 0 Å². The van der Waals surface area contributed by atoms with Crippen LogP contribution in [0, 0.1) is 12.3 Å². The summed E-state index contributed by atoms with van der Waals surface area (Å²) in [6, 6.07) is 4.80. The van der Waals surface area contributed by atoms with Crippen LogP contribution in [0.15, 0.2) is 18.2 Å². The van der Waals surface area contributed by atoms with E-state index in [1.54, 1.807) is 24.0 Å². The van der Waals surface area contributed by atoms with Crippen LogP contribution in [0.5, 0.6) is 5.75 Å². The lowest BCUT2D eigenvalue weighted by atomic mass is 9.77. The molecule has 1 atom stereocenters. The number of hydrogen-bond acceptors (Lipinski definition) is 3. The molecule has 1 aliphatic heterocycles. The minimum atomic E-state index is -0.847. The number of amides is 1. The van der Waals surface area contributed by atoms with Gasteiger partial charge >= 0.3 is 5.97 Å². The van der Waals surface area contributed by atoms with Crippen LogP contribution in [0.3, 0.4) is 0 Å². The normalized spacial score (nSPS) is 22.1. The zero-order valence-corrected chi connectivity index (χ0v) is 12.4. The summed E-state index contributed by atoms with van der Waals surface area (Å²) in [5.74, 6) is -0.976. The predicted molar refractivity (Wildman–Crippen MR) is 78.3 cm³/mol. The van der Waals surface area contributed by atoms with Crippen molar-refractivity contribution in [3.63, 3.8) is 0 Å². The number of phenolic OH excluding ortho intramolecular Hbond substituents is 1. The fourth-order valence-corrected chi connectivity index (χ4v) is 2.84. The SMILES string of the molecule is CCC1(C(=O)O)CCCN(C(=O)c2ccc(C)c(O)c2)C1.